The molecule has 0 fully saturated rings. The zero-order valence-corrected chi connectivity index (χ0v) is 21.7. The molecule has 0 aliphatic rings. The fourth-order valence-electron chi connectivity index (χ4n) is 4.12. The number of nitrogens with two attached hydrogens (primary N) is 1. The van der Waals surface area contributed by atoms with E-state index in [1.165, 1.54) is 83.5 Å². The first kappa shape index (κ1) is 30.1. The van der Waals surface area contributed by atoms with Crippen LogP contribution >= 0.6 is 0 Å². The number of carbonyl (C=O) groups is 1. The minimum absolute atomic E-state index is 0.261. The number of hydrogen-bond donors (Lipinski definition) is 3. The number of unbranched alkanes of at least 4 members (excludes halogenated alkanes) is 14. The fourth-order valence-corrected chi connectivity index (χ4v) is 4.12. The van der Waals surface area contributed by atoms with Crippen molar-refractivity contribution >= 4 is 11.7 Å². The maximum Gasteiger partial charge on any atom is 0.314 e. The third-order valence-corrected chi connectivity index (χ3v) is 6.31. The molecule has 0 heterocycles. The van der Waals surface area contributed by atoms with Crippen LogP contribution in [0.15, 0.2) is 24.3 Å². The third kappa shape index (κ3) is 17.5. The largest absolute Gasteiger partial charge is 0.508 e. The van der Waals surface area contributed by atoms with Gasteiger partial charge in [0, 0.05) is 25.4 Å². The van der Waals surface area contributed by atoms with Crippen molar-refractivity contribution in [1.29, 1.82) is 0 Å². The Labute approximate surface area is 208 Å². The molecule has 0 spiro atoms. The van der Waals surface area contributed by atoms with Gasteiger partial charge in [0.25, 0.3) is 0 Å². The van der Waals surface area contributed by atoms with Gasteiger partial charge < -0.3 is 25.8 Å². The first-order valence-electron chi connectivity index (χ1n) is 13.8. The topological polar surface area (TPSA) is 87.8 Å². The van der Waals surface area contributed by atoms with Crippen LogP contribution in [0, 0.1) is 0 Å². The minimum Gasteiger partial charge on any atom is -0.508 e. The molecule has 1 aromatic carbocycles. The summed E-state index contributed by atoms with van der Waals surface area (Å²) in [5.41, 5.74) is 6.52. The number of phenols is 1. The van der Waals surface area contributed by atoms with E-state index < -0.39 is 0 Å². The summed E-state index contributed by atoms with van der Waals surface area (Å²) in [5, 5.41) is 12.4. The van der Waals surface area contributed by atoms with Gasteiger partial charge in [-0.05, 0) is 43.5 Å². The van der Waals surface area contributed by atoms with Crippen LogP contribution in [0.4, 0.5) is 10.5 Å². The van der Waals surface area contributed by atoms with Crippen molar-refractivity contribution in [3.63, 3.8) is 0 Å². The predicted molar refractivity (Wildman–Crippen MR) is 143 cm³/mol. The average molecular weight is 478 g/mol. The number of nitrogens with one attached hydrogen (secondary N) is 1. The second kappa shape index (κ2) is 21.6. The van der Waals surface area contributed by atoms with Crippen molar-refractivity contribution in [3.8, 4) is 5.75 Å². The van der Waals surface area contributed by atoms with Crippen LogP contribution in [0.2, 0.25) is 0 Å². The number of rotatable bonds is 23. The van der Waals surface area contributed by atoms with Crippen LogP contribution in [0.25, 0.3) is 0 Å². The summed E-state index contributed by atoms with van der Waals surface area (Å²) in [7, 11) is 0. The van der Waals surface area contributed by atoms with Gasteiger partial charge in [0.1, 0.15) is 12.5 Å². The smallest absolute Gasteiger partial charge is 0.314 e. The molecule has 0 saturated carbocycles. The van der Waals surface area contributed by atoms with Crippen LogP contribution in [-0.4, -0.2) is 42.5 Å². The number of aromatic hydroxyl groups is 1. The van der Waals surface area contributed by atoms with Crippen molar-refractivity contribution in [1.82, 2.24) is 4.90 Å². The number of amides is 2. The lowest BCUT2D eigenvalue weighted by Gasteiger charge is -2.20. The standard InChI is InChI=1S/C28H51N3O3/c1-2-3-4-5-6-9-12-15-22-31(28(29)33)23-16-13-10-7-8-11-14-17-24-34-25-30-26-18-20-27(32)21-19-26/h18-21,30,32H,2-17,22-25H2,1H3,(H2,29,33). The molecule has 0 unspecified atom stereocenters. The summed E-state index contributed by atoms with van der Waals surface area (Å²) < 4.78 is 5.61. The Balaban J connectivity index is 1.86. The second-order valence-electron chi connectivity index (χ2n) is 9.40. The quantitative estimate of drug-likeness (QED) is 0.0869. The zero-order valence-electron chi connectivity index (χ0n) is 21.7. The van der Waals surface area contributed by atoms with E-state index in [9.17, 15) is 9.90 Å². The molecule has 0 radical (unpaired) electrons. The number of primary amides is 1. The van der Waals surface area contributed by atoms with Gasteiger partial charge >= 0.3 is 6.03 Å². The van der Waals surface area contributed by atoms with Crippen LogP contribution in [0.3, 0.4) is 0 Å². The van der Waals surface area contributed by atoms with Crippen molar-refractivity contribution in [3.05, 3.63) is 24.3 Å². The van der Waals surface area contributed by atoms with Crippen LogP contribution in [0.5, 0.6) is 5.75 Å². The number of urea groups is 1. The molecule has 1 rings (SSSR count). The molecule has 6 nitrogen and oxygen atoms in total. The second-order valence-corrected chi connectivity index (χ2v) is 9.40. The molecule has 0 aliphatic carbocycles. The molecule has 1 aromatic rings. The van der Waals surface area contributed by atoms with Gasteiger partial charge in [-0.15, -0.1) is 0 Å². The lowest BCUT2D eigenvalue weighted by Crippen LogP contribution is -2.37. The first-order valence-corrected chi connectivity index (χ1v) is 13.8. The van der Waals surface area contributed by atoms with Gasteiger partial charge in [0.15, 0.2) is 0 Å². The molecule has 6 heteroatoms. The van der Waals surface area contributed by atoms with E-state index in [1.54, 1.807) is 12.1 Å². The molecule has 0 aromatic heterocycles. The van der Waals surface area contributed by atoms with E-state index in [0.717, 1.165) is 44.6 Å². The van der Waals surface area contributed by atoms with Crippen molar-refractivity contribution in [2.75, 3.05) is 31.7 Å². The van der Waals surface area contributed by atoms with E-state index in [1.807, 2.05) is 17.0 Å². The van der Waals surface area contributed by atoms with E-state index in [2.05, 4.69) is 12.2 Å². The third-order valence-electron chi connectivity index (χ3n) is 6.31. The number of ether oxygens (including phenoxy) is 1. The van der Waals surface area contributed by atoms with Crippen LogP contribution < -0.4 is 11.1 Å². The van der Waals surface area contributed by atoms with Crippen molar-refractivity contribution in [2.24, 2.45) is 5.73 Å². The molecular formula is C28H51N3O3. The fraction of sp³-hybridized carbons (Fsp3) is 0.750. The lowest BCUT2D eigenvalue weighted by atomic mass is 10.1. The van der Waals surface area contributed by atoms with E-state index in [-0.39, 0.29) is 11.8 Å². The van der Waals surface area contributed by atoms with E-state index in [4.69, 9.17) is 10.5 Å². The predicted octanol–water partition coefficient (Wildman–Crippen LogP) is 7.42. The highest BCUT2D eigenvalue weighted by Gasteiger charge is 2.08. The normalized spacial score (nSPS) is 11.0. The summed E-state index contributed by atoms with van der Waals surface area (Å²) in [6, 6.07) is 6.73. The maximum absolute atomic E-state index is 11.7. The van der Waals surface area contributed by atoms with Gasteiger partial charge in [0.05, 0.1) is 0 Å². The Bertz CT molecular complexity index is 595. The number of anilines is 1. The Kier molecular flexibility index (Phi) is 19.1. The summed E-state index contributed by atoms with van der Waals surface area (Å²) in [4.78, 5) is 13.5. The van der Waals surface area contributed by atoms with Gasteiger partial charge in [-0.3, -0.25) is 0 Å². The monoisotopic (exact) mass is 477 g/mol. The summed E-state index contributed by atoms with van der Waals surface area (Å²) >= 11 is 0. The SMILES string of the molecule is CCCCCCCCCCN(CCCCCCCCCCOCNc1ccc(O)cc1)C(N)=O. The molecule has 34 heavy (non-hydrogen) atoms. The highest BCUT2D eigenvalue weighted by atomic mass is 16.5. The molecule has 0 bridgehead atoms. The number of phenolic OH excluding ortho intramolecular Hbond substituents is 1. The van der Waals surface area contributed by atoms with Gasteiger partial charge in [-0.1, -0.05) is 90.4 Å². The van der Waals surface area contributed by atoms with Gasteiger partial charge in [-0.2, -0.15) is 0 Å². The molecule has 0 aliphatic heterocycles. The average Bonchev–Trinajstić information content (AvgIpc) is 2.83. The molecule has 196 valence electrons. The number of hydrogen-bond acceptors (Lipinski definition) is 4. The zero-order chi connectivity index (χ0) is 24.7. The molecule has 2 amide bonds. The Morgan fingerprint density at radius 1 is 0.794 bits per heavy atom. The maximum atomic E-state index is 11.7. The summed E-state index contributed by atoms with van der Waals surface area (Å²) in [6.07, 6.45) is 19.8. The van der Waals surface area contributed by atoms with Crippen LogP contribution in [0.1, 0.15) is 110 Å². The van der Waals surface area contributed by atoms with Crippen LogP contribution in [-0.2, 0) is 4.74 Å². The first-order chi connectivity index (χ1) is 16.6. The van der Waals surface area contributed by atoms with Gasteiger partial charge in [0.2, 0.25) is 0 Å². The van der Waals surface area contributed by atoms with Crippen molar-refractivity contribution < 1.29 is 14.6 Å². The number of nitrogens with zero attached hydrogens (tertiary/aromatic N) is 1. The molecule has 4 N–H and O–H groups in total. The Hall–Kier alpha value is -1.95. The Morgan fingerprint density at radius 2 is 1.26 bits per heavy atom. The number of carbonyl (C=O) groups excluding carboxylic acids is 1. The Morgan fingerprint density at radius 3 is 1.76 bits per heavy atom. The molecular weight excluding hydrogens is 426 g/mol. The van der Waals surface area contributed by atoms with E-state index >= 15 is 0 Å². The molecule has 0 saturated heterocycles. The van der Waals surface area contributed by atoms with Gasteiger partial charge in [-0.25, -0.2) is 4.79 Å². The highest BCUT2D eigenvalue weighted by Crippen LogP contribution is 2.14. The minimum atomic E-state index is -0.261. The van der Waals surface area contributed by atoms with Crippen molar-refractivity contribution in [2.45, 2.75) is 110 Å². The van der Waals surface area contributed by atoms with E-state index in [0.29, 0.717) is 6.73 Å². The summed E-state index contributed by atoms with van der Waals surface area (Å²) in [6.45, 7) is 5.14. The molecule has 0 atom stereocenters. The highest BCUT2D eigenvalue weighted by molar-refractivity contribution is 5.71. The summed E-state index contributed by atoms with van der Waals surface area (Å²) in [5.74, 6) is 0.271. The number of benzene rings is 1. The lowest BCUT2D eigenvalue weighted by molar-refractivity contribution is 0.147.